The minimum Gasteiger partial charge on any atom is -0.459 e. The number of amides is 2. The van der Waals surface area contributed by atoms with Crippen LogP contribution in [0, 0.1) is 0 Å². The molecule has 0 spiro atoms. The summed E-state index contributed by atoms with van der Waals surface area (Å²) in [6.07, 6.45) is 5.39. The molecule has 2 amide bonds. The van der Waals surface area contributed by atoms with Crippen molar-refractivity contribution in [1.82, 2.24) is 20.2 Å². The number of furan rings is 1. The highest BCUT2D eigenvalue weighted by Crippen LogP contribution is 2.14. The predicted molar refractivity (Wildman–Crippen MR) is 80.0 cm³/mol. The number of nitrogens with zero attached hydrogens (tertiary/aromatic N) is 2. The second kappa shape index (κ2) is 6.47. The molecule has 0 aliphatic carbocycles. The average molecular weight is 316 g/mol. The lowest BCUT2D eigenvalue weighted by atomic mass is 10.1. The van der Waals surface area contributed by atoms with Crippen LogP contribution in [0.25, 0.3) is 0 Å². The Morgan fingerprint density at radius 3 is 3.00 bits per heavy atom. The van der Waals surface area contributed by atoms with Crippen LogP contribution in [0.4, 0.5) is 0 Å². The lowest BCUT2D eigenvalue weighted by molar-refractivity contribution is 0.0646. The molecule has 2 aromatic rings. The molecule has 0 radical (unpaired) electrons. The first-order chi connectivity index (χ1) is 11.1. The molecule has 8 nitrogen and oxygen atoms in total. The third kappa shape index (κ3) is 3.47. The average Bonchev–Trinajstić information content (AvgIpc) is 3.09. The van der Waals surface area contributed by atoms with Crippen molar-refractivity contribution in [1.29, 1.82) is 0 Å². The molecule has 120 valence electrons. The maximum atomic E-state index is 12.3. The summed E-state index contributed by atoms with van der Waals surface area (Å²) in [5.41, 5.74) is -0.331. The smallest absolute Gasteiger partial charge is 0.289 e. The van der Waals surface area contributed by atoms with Crippen molar-refractivity contribution in [2.75, 3.05) is 13.1 Å². The second-order valence-corrected chi connectivity index (χ2v) is 5.35. The summed E-state index contributed by atoms with van der Waals surface area (Å²) in [5, 5.41) is 2.82. The molecule has 1 unspecified atom stereocenters. The van der Waals surface area contributed by atoms with Crippen molar-refractivity contribution < 1.29 is 14.0 Å². The maximum absolute atomic E-state index is 12.3. The molecule has 8 heteroatoms. The molecule has 3 rings (SSSR count). The molecule has 1 fully saturated rings. The Bertz CT molecular complexity index is 753. The number of nitrogens with one attached hydrogen (secondary N) is 2. The van der Waals surface area contributed by atoms with Gasteiger partial charge in [0.1, 0.15) is 5.69 Å². The van der Waals surface area contributed by atoms with Gasteiger partial charge in [0.2, 0.25) is 0 Å². The van der Waals surface area contributed by atoms with Gasteiger partial charge >= 0.3 is 0 Å². The first-order valence-corrected chi connectivity index (χ1v) is 7.31. The van der Waals surface area contributed by atoms with E-state index < -0.39 is 11.5 Å². The summed E-state index contributed by atoms with van der Waals surface area (Å²) >= 11 is 0. The second-order valence-electron chi connectivity index (χ2n) is 5.35. The maximum Gasteiger partial charge on any atom is 0.289 e. The number of hydrogen-bond acceptors (Lipinski definition) is 5. The van der Waals surface area contributed by atoms with E-state index in [0.717, 1.165) is 19.0 Å². The van der Waals surface area contributed by atoms with Crippen LogP contribution < -0.4 is 10.9 Å². The van der Waals surface area contributed by atoms with E-state index in [1.165, 1.54) is 12.5 Å². The Kier molecular flexibility index (Phi) is 4.22. The van der Waals surface area contributed by atoms with Gasteiger partial charge in [0.05, 0.1) is 18.7 Å². The van der Waals surface area contributed by atoms with Crippen LogP contribution in [0.3, 0.4) is 0 Å². The Hall–Kier alpha value is -2.90. The molecule has 1 aliphatic rings. The van der Waals surface area contributed by atoms with Crippen LogP contribution in [-0.2, 0) is 0 Å². The van der Waals surface area contributed by atoms with Crippen molar-refractivity contribution in [3.05, 3.63) is 52.6 Å². The number of likely N-dealkylation sites (tertiary alicyclic amines) is 1. The number of carbonyl (C=O) groups is 2. The van der Waals surface area contributed by atoms with Crippen molar-refractivity contribution >= 4 is 11.8 Å². The quantitative estimate of drug-likeness (QED) is 0.852. The number of H-pyrrole nitrogens is 1. The standard InChI is InChI=1S/C15H16N4O4/c20-13-8-16-7-11(18-13)14(21)17-10-3-1-5-19(9-10)15(22)12-4-2-6-23-12/h2,4,6-8,10H,1,3,5,9H2,(H,17,21)(H,18,20). The first-order valence-electron chi connectivity index (χ1n) is 7.31. The minimum absolute atomic E-state index is 0.104. The largest absolute Gasteiger partial charge is 0.459 e. The van der Waals surface area contributed by atoms with Gasteiger partial charge in [-0.1, -0.05) is 0 Å². The van der Waals surface area contributed by atoms with E-state index in [4.69, 9.17) is 4.42 Å². The van der Waals surface area contributed by atoms with E-state index >= 15 is 0 Å². The zero-order chi connectivity index (χ0) is 16.2. The normalized spacial score (nSPS) is 17.7. The number of carbonyl (C=O) groups excluding carboxylic acids is 2. The van der Waals surface area contributed by atoms with Crippen molar-refractivity contribution in [2.24, 2.45) is 0 Å². The molecule has 23 heavy (non-hydrogen) atoms. The highest BCUT2D eigenvalue weighted by Gasteiger charge is 2.27. The number of hydrogen-bond donors (Lipinski definition) is 2. The predicted octanol–water partition coefficient (Wildman–Crippen LogP) is 0.397. The molecule has 1 saturated heterocycles. The Balaban J connectivity index is 1.64. The molecular weight excluding hydrogens is 300 g/mol. The summed E-state index contributed by atoms with van der Waals surface area (Å²) in [5.74, 6) is -0.315. The van der Waals surface area contributed by atoms with Crippen molar-refractivity contribution in [3.63, 3.8) is 0 Å². The van der Waals surface area contributed by atoms with Gasteiger partial charge < -0.3 is 19.6 Å². The van der Waals surface area contributed by atoms with Crippen LogP contribution >= 0.6 is 0 Å². The third-order valence-corrected chi connectivity index (χ3v) is 3.67. The molecule has 1 aliphatic heterocycles. The molecule has 3 heterocycles. The first kappa shape index (κ1) is 15.0. The fraction of sp³-hybridized carbons (Fsp3) is 0.333. The van der Waals surface area contributed by atoms with Gasteiger partial charge in [-0.2, -0.15) is 0 Å². The lowest BCUT2D eigenvalue weighted by Gasteiger charge is -2.32. The van der Waals surface area contributed by atoms with Gasteiger partial charge in [-0.25, -0.2) is 0 Å². The highest BCUT2D eigenvalue weighted by molar-refractivity contribution is 5.93. The van der Waals surface area contributed by atoms with Gasteiger partial charge in [-0.15, -0.1) is 0 Å². The molecule has 0 bridgehead atoms. The summed E-state index contributed by atoms with van der Waals surface area (Å²) in [4.78, 5) is 43.4. The molecule has 0 aromatic carbocycles. The Labute approximate surface area is 131 Å². The Morgan fingerprint density at radius 1 is 1.39 bits per heavy atom. The molecule has 1 atom stereocenters. The number of rotatable bonds is 3. The van der Waals surface area contributed by atoms with Crippen LogP contribution in [0.15, 0.2) is 40.0 Å². The summed E-state index contributed by atoms with van der Waals surface area (Å²) in [6.45, 7) is 1.02. The van der Waals surface area contributed by atoms with Gasteiger partial charge in [0.25, 0.3) is 17.4 Å². The van der Waals surface area contributed by atoms with Crippen molar-refractivity contribution in [3.8, 4) is 0 Å². The topological polar surface area (TPSA) is 108 Å². The van der Waals surface area contributed by atoms with E-state index in [0.29, 0.717) is 13.1 Å². The van der Waals surface area contributed by atoms with Gasteiger partial charge in [-0.05, 0) is 25.0 Å². The van der Waals surface area contributed by atoms with E-state index in [1.807, 2.05) is 0 Å². The number of piperidine rings is 1. The lowest BCUT2D eigenvalue weighted by Crippen LogP contribution is -2.49. The van der Waals surface area contributed by atoms with Gasteiger partial charge in [-0.3, -0.25) is 19.4 Å². The van der Waals surface area contributed by atoms with Crippen LogP contribution in [0.5, 0.6) is 0 Å². The Morgan fingerprint density at radius 2 is 2.26 bits per heavy atom. The zero-order valence-electron chi connectivity index (χ0n) is 12.3. The van der Waals surface area contributed by atoms with E-state index in [2.05, 4.69) is 15.3 Å². The monoisotopic (exact) mass is 316 g/mol. The van der Waals surface area contributed by atoms with Gasteiger partial charge in [0, 0.05) is 19.1 Å². The van der Waals surface area contributed by atoms with Crippen LogP contribution in [0.2, 0.25) is 0 Å². The van der Waals surface area contributed by atoms with E-state index in [1.54, 1.807) is 17.0 Å². The summed E-state index contributed by atoms with van der Waals surface area (Å²) in [6, 6.07) is 3.10. The third-order valence-electron chi connectivity index (χ3n) is 3.67. The summed E-state index contributed by atoms with van der Waals surface area (Å²) < 4.78 is 5.12. The van der Waals surface area contributed by atoms with E-state index in [-0.39, 0.29) is 23.4 Å². The molecule has 0 saturated carbocycles. The number of aromatic nitrogens is 2. The number of aromatic amines is 1. The fourth-order valence-corrected chi connectivity index (χ4v) is 2.59. The van der Waals surface area contributed by atoms with Crippen LogP contribution in [0.1, 0.15) is 33.9 Å². The fourth-order valence-electron chi connectivity index (χ4n) is 2.59. The minimum atomic E-state index is -0.434. The van der Waals surface area contributed by atoms with Crippen molar-refractivity contribution in [2.45, 2.75) is 18.9 Å². The SMILES string of the molecule is O=C(NC1CCCN(C(=O)c2ccco2)C1)c1cncc(=O)[nH]1. The zero-order valence-corrected chi connectivity index (χ0v) is 12.3. The summed E-state index contributed by atoms with van der Waals surface area (Å²) in [7, 11) is 0. The van der Waals surface area contributed by atoms with Gasteiger partial charge in [0.15, 0.2) is 5.76 Å². The highest BCUT2D eigenvalue weighted by atomic mass is 16.3. The van der Waals surface area contributed by atoms with Crippen LogP contribution in [-0.4, -0.2) is 45.8 Å². The molecule has 2 N–H and O–H groups in total. The molecule has 2 aromatic heterocycles. The van der Waals surface area contributed by atoms with E-state index in [9.17, 15) is 14.4 Å². The molecular formula is C15H16N4O4.